The van der Waals surface area contributed by atoms with E-state index in [0.29, 0.717) is 24.1 Å². The van der Waals surface area contributed by atoms with Gasteiger partial charge in [-0.15, -0.1) is 0 Å². The van der Waals surface area contributed by atoms with Crippen molar-refractivity contribution < 1.29 is 4.74 Å². The highest BCUT2D eigenvalue weighted by molar-refractivity contribution is 6.76. The molecule has 1 N–H and O–H groups in total. The summed E-state index contributed by atoms with van der Waals surface area (Å²) in [6.07, 6.45) is 3.12. The molecular formula is C17H21ClN4O2Si. The molecule has 0 spiro atoms. The molecule has 0 aliphatic heterocycles. The second kappa shape index (κ2) is 7.11. The van der Waals surface area contributed by atoms with Crippen LogP contribution < -0.4 is 5.56 Å². The van der Waals surface area contributed by atoms with Crippen LogP contribution in [0.3, 0.4) is 0 Å². The van der Waals surface area contributed by atoms with Crippen LogP contribution in [0.1, 0.15) is 0 Å². The number of aromatic amines is 1. The summed E-state index contributed by atoms with van der Waals surface area (Å²) in [5.74, 6) is 0. The van der Waals surface area contributed by atoms with E-state index in [1.54, 1.807) is 12.3 Å². The maximum atomic E-state index is 11.3. The van der Waals surface area contributed by atoms with E-state index in [2.05, 4.69) is 34.6 Å². The van der Waals surface area contributed by atoms with Gasteiger partial charge < -0.3 is 14.3 Å². The molecular weight excluding hydrogens is 356 g/mol. The first-order valence-electron chi connectivity index (χ1n) is 8.12. The Morgan fingerprint density at radius 1 is 1.28 bits per heavy atom. The van der Waals surface area contributed by atoms with Crippen LogP contribution in [-0.2, 0) is 11.5 Å². The fourth-order valence-electron chi connectivity index (χ4n) is 2.51. The Balaban J connectivity index is 1.96. The number of ether oxygens (including phenoxy) is 1. The summed E-state index contributed by atoms with van der Waals surface area (Å²) in [5.41, 5.74) is 2.31. The lowest BCUT2D eigenvalue weighted by atomic mass is 10.2. The van der Waals surface area contributed by atoms with Gasteiger partial charge in [0.25, 0.3) is 0 Å². The van der Waals surface area contributed by atoms with Crippen LogP contribution in [0.15, 0.2) is 35.5 Å². The number of rotatable bonds is 6. The van der Waals surface area contributed by atoms with Gasteiger partial charge in [0.15, 0.2) is 0 Å². The SMILES string of the molecule is C[Si](C)(C)CCOCn1c(-c2ccc(=O)[nH]c2)cc2c(Cl)ncnc21. The first kappa shape index (κ1) is 17.8. The van der Waals surface area contributed by atoms with Crippen LogP contribution in [0.4, 0.5) is 0 Å². The van der Waals surface area contributed by atoms with E-state index in [1.807, 2.05) is 10.6 Å². The van der Waals surface area contributed by atoms with Gasteiger partial charge in [-0.05, 0) is 18.2 Å². The number of fused-ring (bicyclic) bond motifs is 1. The molecule has 0 unspecified atom stereocenters. The minimum atomic E-state index is -1.15. The smallest absolute Gasteiger partial charge is 0.247 e. The van der Waals surface area contributed by atoms with Gasteiger partial charge in [-0.2, -0.15) is 0 Å². The summed E-state index contributed by atoms with van der Waals surface area (Å²) in [5, 5.41) is 1.16. The quantitative estimate of drug-likeness (QED) is 0.404. The molecule has 0 radical (unpaired) electrons. The van der Waals surface area contributed by atoms with Crippen molar-refractivity contribution in [2.24, 2.45) is 0 Å². The molecule has 3 aromatic rings. The van der Waals surface area contributed by atoms with Crippen molar-refractivity contribution in [2.45, 2.75) is 32.4 Å². The number of pyridine rings is 1. The van der Waals surface area contributed by atoms with E-state index in [0.717, 1.165) is 22.7 Å². The van der Waals surface area contributed by atoms with Gasteiger partial charge in [-0.1, -0.05) is 31.2 Å². The third-order valence-corrected chi connectivity index (χ3v) is 5.94. The molecule has 6 nitrogen and oxygen atoms in total. The highest BCUT2D eigenvalue weighted by atomic mass is 35.5. The van der Waals surface area contributed by atoms with Crippen molar-refractivity contribution in [3.8, 4) is 11.3 Å². The predicted molar refractivity (Wildman–Crippen MR) is 103 cm³/mol. The molecule has 25 heavy (non-hydrogen) atoms. The maximum absolute atomic E-state index is 11.3. The van der Waals surface area contributed by atoms with Crippen molar-refractivity contribution >= 4 is 30.7 Å². The minimum Gasteiger partial charge on any atom is -0.361 e. The van der Waals surface area contributed by atoms with Gasteiger partial charge in [-0.25, -0.2) is 9.97 Å². The summed E-state index contributed by atoms with van der Waals surface area (Å²) in [6.45, 7) is 8.04. The molecule has 8 heteroatoms. The van der Waals surface area contributed by atoms with E-state index in [-0.39, 0.29) is 5.56 Å². The standard InChI is InChI=1S/C17H21ClN4O2Si/c1-25(2,3)7-6-24-11-22-14(12-4-5-15(23)19-9-12)8-13-16(18)20-10-21-17(13)22/h4-5,8-10H,6-7,11H2,1-3H3,(H,19,23). The number of H-pyrrole nitrogens is 1. The molecule has 0 aromatic carbocycles. The molecule has 3 heterocycles. The zero-order chi connectivity index (χ0) is 18.0. The number of nitrogens with zero attached hydrogens (tertiary/aromatic N) is 3. The Bertz CT molecular complexity index is 925. The number of nitrogens with one attached hydrogen (secondary N) is 1. The monoisotopic (exact) mass is 376 g/mol. The third-order valence-electron chi connectivity index (χ3n) is 3.94. The van der Waals surface area contributed by atoms with E-state index in [9.17, 15) is 4.79 Å². The molecule has 0 amide bonds. The Morgan fingerprint density at radius 2 is 2.08 bits per heavy atom. The van der Waals surface area contributed by atoms with Gasteiger partial charge in [0, 0.05) is 32.5 Å². The summed E-state index contributed by atoms with van der Waals surface area (Å²) in [7, 11) is -1.15. The number of halogens is 1. The first-order valence-corrected chi connectivity index (χ1v) is 12.2. The zero-order valence-corrected chi connectivity index (χ0v) is 16.3. The van der Waals surface area contributed by atoms with E-state index in [4.69, 9.17) is 16.3 Å². The summed E-state index contributed by atoms with van der Waals surface area (Å²) in [6, 6.07) is 6.28. The summed E-state index contributed by atoms with van der Waals surface area (Å²) in [4.78, 5) is 22.4. The Hall–Kier alpha value is -1.96. The fourth-order valence-corrected chi connectivity index (χ4v) is 3.45. The topological polar surface area (TPSA) is 72.8 Å². The number of hydrogen-bond acceptors (Lipinski definition) is 4. The molecule has 0 fully saturated rings. The van der Waals surface area contributed by atoms with E-state index < -0.39 is 8.07 Å². The first-order chi connectivity index (χ1) is 11.8. The summed E-state index contributed by atoms with van der Waals surface area (Å²) >= 11 is 6.22. The van der Waals surface area contributed by atoms with Crippen LogP contribution in [0, 0.1) is 0 Å². The van der Waals surface area contributed by atoms with Crippen LogP contribution in [0.5, 0.6) is 0 Å². The van der Waals surface area contributed by atoms with Crippen LogP contribution in [-0.4, -0.2) is 34.2 Å². The van der Waals surface area contributed by atoms with Crippen molar-refractivity contribution in [3.63, 3.8) is 0 Å². The number of hydrogen-bond donors (Lipinski definition) is 1. The predicted octanol–water partition coefficient (Wildman–Crippen LogP) is 3.75. The van der Waals surface area contributed by atoms with E-state index >= 15 is 0 Å². The lowest BCUT2D eigenvalue weighted by Crippen LogP contribution is -2.22. The van der Waals surface area contributed by atoms with Crippen molar-refractivity contribution in [3.05, 3.63) is 46.2 Å². The highest BCUT2D eigenvalue weighted by Crippen LogP contribution is 2.29. The van der Waals surface area contributed by atoms with Gasteiger partial charge in [-0.3, -0.25) is 4.79 Å². The van der Waals surface area contributed by atoms with Gasteiger partial charge in [0.2, 0.25) is 5.56 Å². The minimum absolute atomic E-state index is 0.143. The van der Waals surface area contributed by atoms with Crippen LogP contribution >= 0.6 is 11.6 Å². The number of aromatic nitrogens is 4. The zero-order valence-electron chi connectivity index (χ0n) is 14.5. The Kier molecular flexibility index (Phi) is 5.08. The molecule has 0 aliphatic carbocycles. The molecule has 0 atom stereocenters. The van der Waals surface area contributed by atoms with Crippen LogP contribution in [0.2, 0.25) is 30.8 Å². The lowest BCUT2D eigenvalue weighted by Gasteiger charge is -2.16. The Morgan fingerprint density at radius 3 is 2.76 bits per heavy atom. The Labute approximate surface area is 151 Å². The fraction of sp³-hybridized carbons (Fsp3) is 0.353. The molecule has 0 bridgehead atoms. The average molecular weight is 377 g/mol. The second-order valence-electron chi connectivity index (χ2n) is 7.15. The van der Waals surface area contributed by atoms with Crippen LogP contribution in [0.25, 0.3) is 22.3 Å². The van der Waals surface area contributed by atoms with E-state index in [1.165, 1.54) is 12.4 Å². The van der Waals surface area contributed by atoms with Gasteiger partial charge in [0.1, 0.15) is 23.9 Å². The molecule has 3 rings (SSSR count). The average Bonchev–Trinajstić information content (AvgIpc) is 2.92. The van der Waals surface area contributed by atoms with Gasteiger partial charge >= 0.3 is 0 Å². The molecule has 0 aliphatic rings. The summed E-state index contributed by atoms with van der Waals surface area (Å²) < 4.78 is 7.87. The molecule has 0 saturated heterocycles. The maximum Gasteiger partial charge on any atom is 0.247 e. The van der Waals surface area contributed by atoms with Crippen molar-refractivity contribution in [1.82, 2.24) is 19.5 Å². The molecule has 0 saturated carbocycles. The largest absolute Gasteiger partial charge is 0.361 e. The molecule has 3 aromatic heterocycles. The highest BCUT2D eigenvalue weighted by Gasteiger charge is 2.16. The molecule has 132 valence electrons. The lowest BCUT2D eigenvalue weighted by molar-refractivity contribution is 0.0909. The van der Waals surface area contributed by atoms with Gasteiger partial charge in [0.05, 0.1) is 11.1 Å². The normalized spacial score (nSPS) is 12.0. The van der Waals surface area contributed by atoms with Crippen molar-refractivity contribution in [2.75, 3.05) is 6.61 Å². The second-order valence-corrected chi connectivity index (χ2v) is 13.1. The third kappa shape index (κ3) is 4.17. The van der Waals surface area contributed by atoms with Crippen molar-refractivity contribution in [1.29, 1.82) is 0 Å².